The Morgan fingerprint density at radius 1 is 1.15 bits per heavy atom. The number of hydrogen-bond donors (Lipinski definition) is 0. The van der Waals surface area contributed by atoms with Crippen LogP contribution in [-0.4, -0.2) is 30.8 Å². The predicted molar refractivity (Wildman–Crippen MR) is 110 cm³/mol. The topological polar surface area (TPSA) is 105 Å². The van der Waals surface area contributed by atoms with E-state index in [1.165, 1.54) is 25.1 Å². The van der Waals surface area contributed by atoms with Gasteiger partial charge in [-0.2, -0.15) is 31.4 Å². The number of halogens is 5. The van der Waals surface area contributed by atoms with Crippen molar-refractivity contribution >= 4 is 27.7 Å². The SMILES string of the molecule is CCOC(=O)c1nn(-c2ccccc2Cl)c(=O)cc1OS(=O)(=O)c1ccc(F)c(C(F)(F)F)c1. The molecule has 180 valence electrons. The number of hydrogen-bond acceptors (Lipinski definition) is 7. The first-order valence-electron chi connectivity index (χ1n) is 9.22. The van der Waals surface area contributed by atoms with E-state index in [1.54, 1.807) is 6.07 Å². The van der Waals surface area contributed by atoms with E-state index in [9.17, 15) is 35.6 Å². The molecule has 0 atom stereocenters. The molecule has 2 aromatic carbocycles. The van der Waals surface area contributed by atoms with Crippen LogP contribution < -0.4 is 9.74 Å². The number of rotatable bonds is 6. The second kappa shape index (κ2) is 9.43. The van der Waals surface area contributed by atoms with Gasteiger partial charge in [-0.25, -0.2) is 9.18 Å². The number of ether oxygens (including phenoxy) is 1. The molecular formula is C20H13ClF4N2O6S. The number of carbonyl (C=O) groups is 1. The van der Waals surface area contributed by atoms with Crippen LogP contribution in [0.4, 0.5) is 17.6 Å². The van der Waals surface area contributed by atoms with Crippen molar-refractivity contribution in [3.8, 4) is 11.4 Å². The summed E-state index contributed by atoms with van der Waals surface area (Å²) in [6.45, 7) is 1.28. The molecule has 0 spiro atoms. The van der Waals surface area contributed by atoms with Crippen molar-refractivity contribution < 1.29 is 39.7 Å². The molecule has 0 fully saturated rings. The number of nitrogens with zero attached hydrogens (tertiary/aromatic N) is 2. The summed E-state index contributed by atoms with van der Waals surface area (Å²) in [5.41, 5.74) is -3.57. The van der Waals surface area contributed by atoms with Crippen molar-refractivity contribution in [1.29, 1.82) is 0 Å². The summed E-state index contributed by atoms with van der Waals surface area (Å²) in [5, 5.41) is 3.86. The fourth-order valence-electron chi connectivity index (χ4n) is 2.68. The van der Waals surface area contributed by atoms with Gasteiger partial charge in [-0.3, -0.25) is 4.79 Å². The Morgan fingerprint density at radius 2 is 1.82 bits per heavy atom. The summed E-state index contributed by atoms with van der Waals surface area (Å²) in [6.07, 6.45) is -5.19. The molecule has 0 aliphatic rings. The lowest BCUT2D eigenvalue weighted by Crippen LogP contribution is -2.26. The van der Waals surface area contributed by atoms with E-state index in [1.807, 2.05) is 0 Å². The normalized spacial score (nSPS) is 11.8. The van der Waals surface area contributed by atoms with Crippen LogP contribution in [0.5, 0.6) is 5.75 Å². The van der Waals surface area contributed by atoms with Gasteiger partial charge in [0.1, 0.15) is 10.7 Å². The average Bonchev–Trinajstić information content (AvgIpc) is 2.74. The Bertz CT molecular complexity index is 1420. The highest BCUT2D eigenvalue weighted by atomic mass is 35.5. The van der Waals surface area contributed by atoms with Gasteiger partial charge >= 0.3 is 22.3 Å². The molecule has 3 rings (SSSR count). The number of benzene rings is 2. The highest BCUT2D eigenvalue weighted by Gasteiger charge is 2.36. The average molecular weight is 521 g/mol. The summed E-state index contributed by atoms with van der Waals surface area (Å²) < 4.78 is 88.0. The van der Waals surface area contributed by atoms with E-state index >= 15 is 0 Å². The van der Waals surface area contributed by atoms with Crippen molar-refractivity contribution in [1.82, 2.24) is 9.78 Å². The lowest BCUT2D eigenvalue weighted by Gasteiger charge is -2.14. The lowest BCUT2D eigenvalue weighted by atomic mass is 10.2. The molecule has 8 nitrogen and oxygen atoms in total. The monoisotopic (exact) mass is 520 g/mol. The third-order valence-electron chi connectivity index (χ3n) is 4.18. The fourth-order valence-corrected chi connectivity index (χ4v) is 3.86. The van der Waals surface area contributed by atoms with Crippen molar-refractivity contribution in [2.75, 3.05) is 6.61 Å². The molecule has 0 unspecified atom stereocenters. The summed E-state index contributed by atoms with van der Waals surface area (Å²) in [4.78, 5) is 23.9. The van der Waals surface area contributed by atoms with Gasteiger partial charge in [-0.1, -0.05) is 23.7 Å². The van der Waals surface area contributed by atoms with Gasteiger partial charge in [0.05, 0.1) is 28.9 Å². The second-order valence-electron chi connectivity index (χ2n) is 6.46. The fraction of sp³-hybridized carbons (Fsp3) is 0.150. The van der Waals surface area contributed by atoms with Crippen molar-refractivity contribution in [3.05, 3.63) is 81.0 Å². The van der Waals surface area contributed by atoms with Gasteiger partial charge in [0.25, 0.3) is 5.56 Å². The van der Waals surface area contributed by atoms with Crippen LogP contribution in [0.2, 0.25) is 5.02 Å². The van der Waals surface area contributed by atoms with E-state index in [-0.39, 0.29) is 23.4 Å². The predicted octanol–water partition coefficient (Wildman–Crippen LogP) is 3.99. The maximum Gasteiger partial charge on any atom is 0.419 e. The number of aromatic nitrogens is 2. The molecule has 0 saturated carbocycles. The third kappa shape index (κ3) is 5.20. The zero-order chi connectivity index (χ0) is 25.3. The molecule has 0 N–H and O–H groups in total. The minimum Gasteiger partial charge on any atom is -0.461 e. The number of alkyl halides is 3. The maximum atomic E-state index is 13.5. The van der Waals surface area contributed by atoms with Gasteiger partial charge in [-0.05, 0) is 37.3 Å². The lowest BCUT2D eigenvalue weighted by molar-refractivity contribution is -0.140. The van der Waals surface area contributed by atoms with Crippen molar-refractivity contribution in [2.45, 2.75) is 18.0 Å². The van der Waals surface area contributed by atoms with Crippen LogP contribution in [-0.2, 0) is 21.0 Å². The molecule has 34 heavy (non-hydrogen) atoms. The molecule has 0 aliphatic carbocycles. The van der Waals surface area contributed by atoms with Crippen LogP contribution in [0.15, 0.2) is 58.2 Å². The van der Waals surface area contributed by atoms with Crippen LogP contribution in [0.3, 0.4) is 0 Å². The Labute approximate surface area is 194 Å². The van der Waals surface area contributed by atoms with Crippen LogP contribution in [0, 0.1) is 5.82 Å². The molecule has 0 bridgehead atoms. The first-order valence-corrected chi connectivity index (χ1v) is 11.0. The van der Waals surface area contributed by atoms with Crippen molar-refractivity contribution in [3.63, 3.8) is 0 Å². The Balaban J connectivity index is 2.14. The van der Waals surface area contributed by atoms with Gasteiger partial charge in [0, 0.05) is 0 Å². The number of carbonyl (C=O) groups excluding carboxylic acids is 1. The van der Waals surface area contributed by atoms with Gasteiger partial charge in [0.15, 0.2) is 5.75 Å². The van der Waals surface area contributed by atoms with Crippen molar-refractivity contribution in [2.24, 2.45) is 0 Å². The second-order valence-corrected chi connectivity index (χ2v) is 8.41. The smallest absolute Gasteiger partial charge is 0.419 e. The minimum atomic E-state index is -5.19. The molecule has 0 radical (unpaired) electrons. The van der Waals surface area contributed by atoms with Crippen LogP contribution >= 0.6 is 11.6 Å². The molecule has 3 aromatic rings. The quantitative estimate of drug-likeness (QED) is 0.275. The first kappa shape index (κ1) is 25.2. The van der Waals surface area contributed by atoms with Crippen LogP contribution in [0.1, 0.15) is 23.0 Å². The molecule has 0 saturated heterocycles. The minimum absolute atomic E-state index is 0.0209. The summed E-state index contributed by atoms with van der Waals surface area (Å²) in [5.74, 6) is -3.81. The zero-order valence-electron chi connectivity index (χ0n) is 17.0. The standard InChI is InChI=1S/C20H13ClF4N2O6S/c1-2-32-19(29)18-16(10-17(28)27(26-18)15-6-4-3-5-13(15)21)33-34(30,31)11-7-8-14(22)12(9-11)20(23,24)25/h3-10H,2H2,1H3. The van der Waals surface area contributed by atoms with E-state index in [2.05, 4.69) is 5.10 Å². The molecule has 14 heteroatoms. The Kier molecular flexibility index (Phi) is 6.98. The van der Waals surface area contributed by atoms with Crippen LogP contribution in [0.25, 0.3) is 5.69 Å². The highest BCUT2D eigenvalue weighted by Crippen LogP contribution is 2.33. The highest BCUT2D eigenvalue weighted by molar-refractivity contribution is 7.87. The van der Waals surface area contributed by atoms with E-state index in [0.29, 0.717) is 22.9 Å². The van der Waals surface area contributed by atoms with E-state index < -0.39 is 55.5 Å². The Hall–Kier alpha value is -3.45. The summed E-state index contributed by atoms with van der Waals surface area (Å²) in [7, 11) is -5.07. The molecule has 0 aliphatic heterocycles. The maximum absolute atomic E-state index is 13.5. The first-order chi connectivity index (χ1) is 15.8. The molecular weight excluding hydrogens is 508 g/mol. The van der Waals surface area contributed by atoms with Gasteiger partial charge in [0.2, 0.25) is 5.69 Å². The summed E-state index contributed by atoms with van der Waals surface area (Å²) >= 11 is 6.05. The van der Waals surface area contributed by atoms with Gasteiger partial charge < -0.3 is 8.92 Å². The molecule has 1 heterocycles. The van der Waals surface area contributed by atoms with E-state index in [4.69, 9.17) is 20.5 Å². The van der Waals surface area contributed by atoms with Gasteiger partial charge in [-0.15, -0.1) is 0 Å². The number of para-hydroxylation sites is 1. The molecule has 0 amide bonds. The van der Waals surface area contributed by atoms with E-state index in [0.717, 1.165) is 0 Å². The Morgan fingerprint density at radius 3 is 2.44 bits per heavy atom. The third-order valence-corrected chi connectivity index (χ3v) is 5.73. The largest absolute Gasteiger partial charge is 0.461 e. The summed E-state index contributed by atoms with van der Waals surface area (Å²) in [6, 6.07) is 7.31. The zero-order valence-corrected chi connectivity index (χ0v) is 18.5. The number of esters is 1. The molecule has 1 aromatic heterocycles.